The van der Waals surface area contributed by atoms with Gasteiger partial charge in [0.25, 0.3) is 0 Å². The maximum Gasteiger partial charge on any atom is 0.305 e. The van der Waals surface area contributed by atoms with E-state index in [0.29, 0.717) is 11.1 Å². The second-order valence-corrected chi connectivity index (χ2v) is 10.2. The number of pyridine rings is 1. The molecule has 0 saturated heterocycles. The summed E-state index contributed by atoms with van der Waals surface area (Å²) in [5.74, 6) is 4.55. The molecular formula is C28H29FNO5P. The first-order valence-corrected chi connectivity index (χ1v) is 13.1. The van der Waals surface area contributed by atoms with Gasteiger partial charge in [0, 0.05) is 17.3 Å². The van der Waals surface area contributed by atoms with Crippen molar-refractivity contribution in [3.8, 4) is 34.2 Å². The highest BCUT2D eigenvalue weighted by molar-refractivity contribution is 7.39. The fraction of sp³-hybridized carbons (Fsp3) is 0.286. The lowest BCUT2D eigenvalue weighted by Gasteiger charge is -2.16. The number of aromatic nitrogens is 1. The Balaban J connectivity index is 1.99. The molecule has 0 radical (unpaired) electrons. The summed E-state index contributed by atoms with van der Waals surface area (Å²) >= 11 is 0. The van der Waals surface area contributed by atoms with Crippen molar-refractivity contribution in [3.63, 3.8) is 0 Å². The van der Waals surface area contributed by atoms with Crippen molar-refractivity contribution in [2.24, 2.45) is 0 Å². The Morgan fingerprint density at radius 2 is 1.86 bits per heavy atom. The molecule has 36 heavy (non-hydrogen) atoms. The van der Waals surface area contributed by atoms with Crippen LogP contribution >= 0.6 is 8.03 Å². The van der Waals surface area contributed by atoms with E-state index in [0.717, 1.165) is 28.1 Å². The molecule has 2 atom stereocenters. The SMILES string of the molecule is Cc1cc(-c2cc(-c3ccccc3)nc(C(C)C)c2C#CCO[PH](=O)CC(O)CC(=O)O)ccc1F. The number of aliphatic hydroxyl groups is 1. The Morgan fingerprint density at radius 3 is 2.50 bits per heavy atom. The topological polar surface area (TPSA) is 96.7 Å². The first kappa shape index (κ1) is 27.3. The largest absolute Gasteiger partial charge is 0.481 e. The minimum Gasteiger partial charge on any atom is -0.481 e. The van der Waals surface area contributed by atoms with Gasteiger partial charge in [0.2, 0.25) is 0 Å². The zero-order chi connectivity index (χ0) is 26.2. The summed E-state index contributed by atoms with van der Waals surface area (Å²) in [6, 6.07) is 16.6. The summed E-state index contributed by atoms with van der Waals surface area (Å²) in [5.41, 5.74) is 5.27. The minimum absolute atomic E-state index is 0.0319. The Kier molecular flexibility index (Phi) is 9.55. The molecular weight excluding hydrogens is 480 g/mol. The summed E-state index contributed by atoms with van der Waals surface area (Å²) in [6.07, 6.45) is -1.98. The number of carboxylic acid groups (broad SMARTS) is 1. The van der Waals surface area contributed by atoms with Crippen molar-refractivity contribution in [2.75, 3.05) is 12.8 Å². The van der Waals surface area contributed by atoms with Gasteiger partial charge in [-0.15, -0.1) is 0 Å². The molecule has 0 aliphatic heterocycles. The standard InChI is InChI=1S/C28H29FNO5P/c1-18(2)28-23(10-7-13-35-36(34)17-22(31)15-27(32)33)24(21-11-12-25(29)19(3)14-21)16-26(30-28)20-8-5-4-6-9-20/h4-6,8-9,11-12,14,16,18,22,31,36H,13,15,17H2,1-3H3,(H,32,33). The molecule has 2 N–H and O–H groups in total. The van der Waals surface area contributed by atoms with Crippen LogP contribution in [-0.4, -0.2) is 40.0 Å². The van der Waals surface area contributed by atoms with E-state index in [-0.39, 0.29) is 24.5 Å². The highest BCUT2D eigenvalue weighted by Gasteiger charge is 2.17. The van der Waals surface area contributed by atoms with Crippen LogP contribution in [0.15, 0.2) is 54.6 Å². The van der Waals surface area contributed by atoms with Crippen LogP contribution in [0.4, 0.5) is 4.39 Å². The van der Waals surface area contributed by atoms with Crippen molar-refractivity contribution in [3.05, 3.63) is 77.2 Å². The molecule has 3 aromatic rings. The van der Waals surface area contributed by atoms with E-state index in [9.17, 15) is 18.9 Å². The first-order chi connectivity index (χ1) is 17.2. The molecule has 0 fully saturated rings. The Bertz CT molecular complexity index is 1310. The van der Waals surface area contributed by atoms with Crippen LogP contribution in [0.5, 0.6) is 0 Å². The number of halogens is 1. The maximum atomic E-state index is 14.0. The number of hydrogen-bond donors (Lipinski definition) is 2. The third kappa shape index (κ3) is 7.35. The van der Waals surface area contributed by atoms with E-state index in [1.807, 2.05) is 50.2 Å². The van der Waals surface area contributed by atoms with E-state index < -0.39 is 26.5 Å². The number of benzene rings is 2. The third-order valence-electron chi connectivity index (χ3n) is 5.46. The van der Waals surface area contributed by atoms with Crippen LogP contribution in [0.25, 0.3) is 22.4 Å². The average Bonchev–Trinajstić information content (AvgIpc) is 2.83. The van der Waals surface area contributed by atoms with Gasteiger partial charge >= 0.3 is 5.97 Å². The van der Waals surface area contributed by atoms with E-state index >= 15 is 0 Å². The molecule has 0 spiro atoms. The number of carboxylic acids is 1. The number of aliphatic carboxylic acids is 1. The molecule has 0 amide bonds. The van der Waals surface area contributed by atoms with Crippen LogP contribution in [0.3, 0.4) is 0 Å². The minimum atomic E-state index is -2.65. The Morgan fingerprint density at radius 1 is 1.14 bits per heavy atom. The molecule has 6 nitrogen and oxygen atoms in total. The normalized spacial score (nSPS) is 12.6. The number of aryl methyl sites for hydroxylation is 1. The highest BCUT2D eigenvalue weighted by atomic mass is 31.1. The summed E-state index contributed by atoms with van der Waals surface area (Å²) in [6.45, 7) is 5.58. The van der Waals surface area contributed by atoms with Crippen LogP contribution in [0.2, 0.25) is 0 Å². The van der Waals surface area contributed by atoms with Gasteiger partial charge in [0.15, 0.2) is 8.03 Å². The van der Waals surface area contributed by atoms with Gasteiger partial charge in [0.05, 0.1) is 29.5 Å². The third-order valence-corrected chi connectivity index (χ3v) is 6.73. The summed E-state index contributed by atoms with van der Waals surface area (Å²) < 4.78 is 31.3. The smallest absolute Gasteiger partial charge is 0.305 e. The van der Waals surface area contributed by atoms with Crippen LogP contribution < -0.4 is 0 Å². The summed E-state index contributed by atoms with van der Waals surface area (Å²) in [7, 11) is -2.65. The lowest BCUT2D eigenvalue weighted by Crippen LogP contribution is -2.15. The van der Waals surface area contributed by atoms with Crippen LogP contribution in [0, 0.1) is 24.6 Å². The van der Waals surface area contributed by atoms with E-state index in [2.05, 4.69) is 11.8 Å². The van der Waals surface area contributed by atoms with Gasteiger partial charge in [0.1, 0.15) is 12.4 Å². The molecule has 2 aromatic carbocycles. The molecule has 188 valence electrons. The number of rotatable bonds is 9. The zero-order valence-electron chi connectivity index (χ0n) is 20.4. The highest BCUT2D eigenvalue weighted by Crippen LogP contribution is 2.33. The molecule has 8 heteroatoms. The van der Waals surface area contributed by atoms with Gasteiger partial charge in [-0.25, -0.2) is 4.39 Å². The van der Waals surface area contributed by atoms with Crippen LogP contribution in [0.1, 0.15) is 43.0 Å². The van der Waals surface area contributed by atoms with Crippen molar-refractivity contribution in [2.45, 2.75) is 39.2 Å². The quantitative estimate of drug-likeness (QED) is 0.285. The average molecular weight is 510 g/mol. The van der Waals surface area contributed by atoms with Crippen molar-refractivity contribution in [1.82, 2.24) is 4.98 Å². The predicted molar refractivity (Wildman–Crippen MR) is 139 cm³/mol. The van der Waals surface area contributed by atoms with Gasteiger partial charge in [-0.3, -0.25) is 14.3 Å². The Labute approximate surface area is 211 Å². The monoisotopic (exact) mass is 509 g/mol. The van der Waals surface area contributed by atoms with E-state index in [1.165, 1.54) is 6.07 Å². The molecule has 1 heterocycles. The second kappa shape index (κ2) is 12.6. The fourth-order valence-corrected chi connectivity index (χ4v) is 4.56. The molecule has 3 rings (SSSR count). The van der Waals surface area contributed by atoms with Gasteiger partial charge in [-0.05, 0) is 42.2 Å². The fourth-order valence-electron chi connectivity index (χ4n) is 3.68. The van der Waals surface area contributed by atoms with Gasteiger partial charge in [-0.1, -0.05) is 62.1 Å². The van der Waals surface area contributed by atoms with Crippen molar-refractivity contribution >= 4 is 14.0 Å². The number of aliphatic hydroxyl groups excluding tert-OH is 1. The molecule has 0 aliphatic rings. The number of nitrogens with zero attached hydrogens (tertiary/aromatic N) is 1. The number of hydrogen-bond acceptors (Lipinski definition) is 5. The summed E-state index contributed by atoms with van der Waals surface area (Å²) in [4.78, 5) is 15.5. The van der Waals surface area contributed by atoms with E-state index in [1.54, 1.807) is 19.1 Å². The zero-order valence-corrected chi connectivity index (χ0v) is 21.4. The van der Waals surface area contributed by atoms with Gasteiger partial charge in [-0.2, -0.15) is 0 Å². The molecule has 0 saturated carbocycles. The van der Waals surface area contributed by atoms with Gasteiger partial charge < -0.3 is 14.7 Å². The lowest BCUT2D eigenvalue weighted by atomic mass is 9.92. The maximum absolute atomic E-state index is 14.0. The lowest BCUT2D eigenvalue weighted by molar-refractivity contribution is -0.138. The van der Waals surface area contributed by atoms with E-state index in [4.69, 9.17) is 14.6 Å². The molecule has 0 bridgehead atoms. The second-order valence-electron chi connectivity index (χ2n) is 8.72. The molecule has 0 aliphatic carbocycles. The van der Waals surface area contributed by atoms with Crippen molar-refractivity contribution in [1.29, 1.82) is 0 Å². The van der Waals surface area contributed by atoms with Crippen LogP contribution in [-0.2, 0) is 13.9 Å². The predicted octanol–water partition coefficient (Wildman–Crippen LogP) is 5.66. The molecule has 2 unspecified atom stereocenters. The molecule has 1 aromatic heterocycles. The Hall–Kier alpha value is -3.30. The first-order valence-electron chi connectivity index (χ1n) is 11.6. The number of carbonyl (C=O) groups is 1. The summed E-state index contributed by atoms with van der Waals surface area (Å²) in [5, 5.41) is 18.4. The van der Waals surface area contributed by atoms with Crippen molar-refractivity contribution < 1.29 is 28.5 Å².